The van der Waals surface area contributed by atoms with Crippen LogP contribution in [0.15, 0.2) is 24.4 Å². The molecular weight excluding hydrogens is 420 g/mol. The van der Waals surface area contributed by atoms with Crippen LogP contribution in [0.2, 0.25) is 0 Å². The Kier molecular flexibility index (Phi) is 6.46. The van der Waals surface area contributed by atoms with Crippen LogP contribution in [0.1, 0.15) is 18.5 Å². The number of morpholine rings is 1. The van der Waals surface area contributed by atoms with Crippen LogP contribution in [-0.4, -0.2) is 77.7 Å². The summed E-state index contributed by atoms with van der Waals surface area (Å²) in [6, 6.07) is 5.57. The van der Waals surface area contributed by atoms with Gasteiger partial charge in [-0.2, -0.15) is 26.3 Å². The van der Waals surface area contributed by atoms with Gasteiger partial charge in [0.2, 0.25) is 0 Å². The van der Waals surface area contributed by atoms with Gasteiger partial charge in [0.05, 0.1) is 17.9 Å². The molecule has 0 atom stereocenters. The maximum absolute atomic E-state index is 12.6. The second kappa shape index (κ2) is 8.58. The average Bonchev–Trinajstić information content (AvgIpc) is 2.66. The Labute approximate surface area is 168 Å². The van der Waals surface area contributed by atoms with Crippen LogP contribution in [0.4, 0.5) is 31.1 Å². The molecule has 2 aliphatic heterocycles. The Hall–Kier alpha value is -2.08. The highest BCUT2D eigenvalue weighted by Crippen LogP contribution is 2.37. The number of hydrogen-bond acceptors (Lipinski definition) is 5. The summed E-state index contributed by atoms with van der Waals surface area (Å²) < 4.78 is 85.3. The third-order valence-electron chi connectivity index (χ3n) is 5.19. The van der Waals surface area contributed by atoms with Crippen LogP contribution in [-0.2, 0) is 16.0 Å². The van der Waals surface area contributed by atoms with Crippen molar-refractivity contribution < 1.29 is 40.6 Å². The first-order chi connectivity index (χ1) is 14.0. The Bertz CT molecular complexity index is 706. The van der Waals surface area contributed by atoms with Gasteiger partial charge < -0.3 is 14.4 Å². The van der Waals surface area contributed by atoms with Gasteiger partial charge in [-0.3, -0.25) is 9.88 Å². The van der Waals surface area contributed by atoms with E-state index in [1.807, 2.05) is 12.1 Å². The normalized spacial score (nSPS) is 20.6. The van der Waals surface area contributed by atoms with Crippen LogP contribution in [0, 0.1) is 0 Å². The van der Waals surface area contributed by atoms with Crippen molar-refractivity contribution in [1.82, 2.24) is 14.8 Å². The van der Waals surface area contributed by atoms with Gasteiger partial charge in [-0.15, -0.1) is 0 Å². The summed E-state index contributed by atoms with van der Waals surface area (Å²) in [6.45, 7) is 2.11. The van der Waals surface area contributed by atoms with E-state index in [2.05, 4.69) is 14.6 Å². The number of aromatic nitrogens is 1. The van der Waals surface area contributed by atoms with E-state index in [9.17, 15) is 31.1 Å². The fraction of sp³-hybridized carbons (Fsp3) is 0.667. The third-order valence-corrected chi connectivity index (χ3v) is 5.19. The Morgan fingerprint density at radius 1 is 1.13 bits per heavy atom. The molecule has 1 amide bonds. The molecule has 6 nitrogen and oxygen atoms in total. The SMILES string of the molecule is O=C(OC(C(F)(F)F)C(F)(F)F)N1CCC2(CC1)CN(Cc1ccccn1)CCO2. The van der Waals surface area contributed by atoms with Gasteiger partial charge in [0, 0.05) is 38.9 Å². The van der Waals surface area contributed by atoms with E-state index >= 15 is 0 Å². The van der Waals surface area contributed by atoms with Gasteiger partial charge in [-0.1, -0.05) is 6.07 Å². The van der Waals surface area contributed by atoms with Crippen LogP contribution in [0.25, 0.3) is 0 Å². The molecule has 2 fully saturated rings. The number of carbonyl (C=O) groups excluding carboxylic acids is 1. The first kappa shape index (κ1) is 22.6. The molecule has 2 saturated heterocycles. The van der Waals surface area contributed by atoms with Gasteiger partial charge in [-0.05, 0) is 25.0 Å². The molecular formula is C18H21F6N3O3. The molecule has 0 aromatic carbocycles. The standard InChI is InChI=1S/C18H21F6N3O3/c19-17(20,21)14(18(22,23)24)30-15(28)27-7-4-16(5-8-27)12-26(9-10-29-16)11-13-3-1-2-6-25-13/h1-3,6,14H,4-5,7-12H2. The lowest BCUT2D eigenvalue weighted by atomic mass is 9.89. The van der Waals surface area contributed by atoms with Crippen molar-refractivity contribution in [3.05, 3.63) is 30.1 Å². The minimum Gasteiger partial charge on any atom is -0.426 e. The molecule has 0 N–H and O–H groups in total. The molecule has 30 heavy (non-hydrogen) atoms. The molecule has 0 bridgehead atoms. The van der Waals surface area contributed by atoms with E-state index in [1.54, 1.807) is 12.3 Å². The number of likely N-dealkylation sites (tertiary alicyclic amines) is 1. The number of piperidine rings is 1. The second-order valence-electron chi connectivity index (χ2n) is 7.40. The van der Waals surface area contributed by atoms with E-state index in [0.717, 1.165) is 10.6 Å². The Morgan fingerprint density at radius 3 is 2.37 bits per heavy atom. The summed E-state index contributed by atoms with van der Waals surface area (Å²) in [4.78, 5) is 19.2. The van der Waals surface area contributed by atoms with E-state index in [4.69, 9.17) is 4.74 Å². The Morgan fingerprint density at radius 2 is 1.80 bits per heavy atom. The van der Waals surface area contributed by atoms with Crippen molar-refractivity contribution >= 4 is 6.09 Å². The molecule has 2 aliphatic rings. The molecule has 1 spiro atoms. The topological polar surface area (TPSA) is 54.9 Å². The van der Waals surface area contributed by atoms with Gasteiger partial charge in [-0.25, -0.2) is 4.79 Å². The monoisotopic (exact) mass is 441 g/mol. The lowest BCUT2D eigenvalue weighted by Crippen LogP contribution is -2.58. The number of hydrogen-bond donors (Lipinski definition) is 0. The zero-order valence-corrected chi connectivity index (χ0v) is 15.9. The number of carbonyl (C=O) groups is 1. The van der Waals surface area contributed by atoms with Crippen molar-refractivity contribution in [3.8, 4) is 0 Å². The number of amides is 1. The molecule has 0 radical (unpaired) electrons. The van der Waals surface area contributed by atoms with E-state index in [0.29, 0.717) is 26.2 Å². The van der Waals surface area contributed by atoms with Crippen LogP contribution < -0.4 is 0 Å². The number of ether oxygens (including phenoxy) is 2. The largest absolute Gasteiger partial charge is 0.434 e. The van der Waals surface area contributed by atoms with Gasteiger partial charge >= 0.3 is 18.4 Å². The number of halogens is 6. The van der Waals surface area contributed by atoms with Crippen molar-refractivity contribution in [2.45, 2.75) is 43.4 Å². The minimum absolute atomic E-state index is 0.0569. The summed E-state index contributed by atoms with van der Waals surface area (Å²) in [5.74, 6) is 0. The summed E-state index contributed by atoms with van der Waals surface area (Å²) in [5.41, 5.74) is 0.262. The van der Waals surface area contributed by atoms with Gasteiger partial charge in [0.15, 0.2) is 0 Å². The number of pyridine rings is 1. The summed E-state index contributed by atoms with van der Waals surface area (Å²) in [5, 5.41) is 0. The highest BCUT2D eigenvalue weighted by Gasteiger charge is 2.60. The molecule has 3 heterocycles. The highest BCUT2D eigenvalue weighted by atomic mass is 19.4. The van der Waals surface area contributed by atoms with E-state index < -0.39 is 30.2 Å². The maximum Gasteiger partial charge on any atom is 0.434 e. The second-order valence-corrected chi connectivity index (χ2v) is 7.40. The van der Waals surface area contributed by atoms with E-state index in [-0.39, 0.29) is 25.9 Å². The molecule has 0 saturated carbocycles. The van der Waals surface area contributed by atoms with Gasteiger partial charge in [0.1, 0.15) is 0 Å². The zero-order valence-electron chi connectivity index (χ0n) is 15.9. The lowest BCUT2D eigenvalue weighted by molar-refractivity contribution is -0.308. The summed E-state index contributed by atoms with van der Waals surface area (Å²) in [6.07, 6.45) is -15.0. The van der Waals surface area contributed by atoms with Crippen molar-refractivity contribution in [3.63, 3.8) is 0 Å². The smallest absolute Gasteiger partial charge is 0.426 e. The highest BCUT2D eigenvalue weighted by molar-refractivity contribution is 5.68. The number of rotatable bonds is 3. The predicted molar refractivity (Wildman–Crippen MR) is 91.4 cm³/mol. The lowest BCUT2D eigenvalue weighted by Gasteiger charge is -2.47. The molecule has 12 heteroatoms. The van der Waals surface area contributed by atoms with Crippen LogP contribution in [0.3, 0.4) is 0 Å². The molecule has 1 aromatic rings. The predicted octanol–water partition coefficient (Wildman–Crippen LogP) is 3.38. The van der Waals surface area contributed by atoms with E-state index in [1.165, 1.54) is 0 Å². The van der Waals surface area contributed by atoms with Crippen molar-refractivity contribution in [2.24, 2.45) is 0 Å². The molecule has 1 aromatic heterocycles. The maximum atomic E-state index is 12.6. The fourth-order valence-electron chi connectivity index (χ4n) is 3.67. The van der Waals surface area contributed by atoms with Crippen molar-refractivity contribution in [1.29, 1.82) is 0 Å². The molecule has 0 unspecified atom stereocenters. The number of nitrogens with zero attached hydrogens (tertiary/aromatic N) is 3. The summed E-state index contributed by atoms with van der Waals surface area (Å²) >= 11 is 0. The zero-order chi connectivity index (χ0) is 22.0. The minimum atomic E-state index is -5.73. The fourth-order valence-corrected chi connectivity index (χ4v) is 3.67. The van der Waals surface area contributed by atoms with Crippen LogP contribution >= 0.6 is 0 Å². The summed E-state index contributed by atoms with van der Waals surface area (Å²) in [7, 11) is 0. The Balaban J connectivity index is 1.56. The third kappa shape index (κ3) is 5.54. The average molecular weight is 441 g/mol. The molecule has 3 rings (SSSR count). The first-order valence-corrected chi connectivity index (χ1v) is 9.34. The first-order valence-electron chi connectivity index (χ1n) is 9.34. The van der Waals surface area contributed by atoms with Crippen molar-refractivity contribution in [2.75, 3.05) is 32.8 Å². The number of alkyl halides is 6. The molecule has 168 valence electrons. The van der Waals surface area contributed by atoms with Gasteiger partial charge in [0.25, 0.3) is 6.10 Å². The molecule has 0 aliphatic carbocycles. The quantitative estimate of drug-likeness (QED) is 0.674. The van der Waals surface area contributed by atoms with Crippen LogP contribution in [0.5, 0.6) is 0 Å².